The Balaban J connectivity index is 2.10. The third-order valence-corrected chi connectivity index (χ3v) is 2.31. The predicted octanol–water partition coefficient (Wildman–Crippen LogP) is 2.40. The van der Waals surface area contributed by atoms with Crippen molar-refractivity contribution in [2.75, 3.05) is 0 Å². The first-order chi connectivity index (χ1) is 8.56. The van der Waals surface area contributed by atoms with E-state index >= 15 is 0 Å². The van der Waals surface area contributed by atoms with E-state index in [9.17, 15) is 9.59 Å². The first-order valence-corrected chi connectivity index (χ1v) is 5.33. The lowest BCUT2D eigenvalue weighted by Gasteiger charge is -2.02. The van der Waals surface area contributed by atoms with Crippen molar-refractivity contribution >= 4 is 11.8 Å². The van der Waals surface area contributed by atoms with Gasteiger partial charge in [0.2, 0.25) is 0 Å². The fraction of sp³-hybridized carbons (Fsp3) is 0.154. The number of aromatic nitrogens is 1. The summed E-state index contributed by atoms with van der Waals surface area (Å²) in [7, 11) is 0. The number of hydrogen-bond donors (Lipinski definition) is 0. The summed E-state index contributed by atoms with van der Waals surface area (Å²) >= 11 is 0. The van der Waals surface area contributed by atoms with Gasteiger partial charge >= 0.3 is 5.97 Å². The van der Waals surface area contributed by atoms with Gasteiger partial charge in [-0.1, -0.05) is 5.16 Å². The Hall–Kier alpha value is -2.43. The van der Waals surface area contributed by atoms with Crippen LogP contribution in [0.1, 0.15) is 33.5 Å². The second-order valence-electron chi connectivity index (χ2n) is 3.79. The summed E-state index contributed by atoms with van der Waals surface area (Å²) in [6.45, 7) is 3.16. The third kappa shape index (κ3) is 2.63. The Morgan fingerprint density at radius 1 is 1.22 bits per heavy atom. The Bertz CT molecular complexity index is 583. The Labute approximate surface area is 103 Å². The lowest BCUT2D eigenvalue weighted by Crippen LogP contribution is -2.08. The van der Waals surface area contributed by atoms with Gasteiger partial charge in [-0.25, -0.2) is 4.79 Å². The molecule has 0 spiro atoms. The zero-order valence-electron chi connectivity index (χ0n) is 9.97. The number of ketones is 1. The predicted molar refractivity (Wildman–Crippen MR) is 62.6 cm³/mol. The van der Waals surface area contributed by atoms with Gasteiger partial charge in [0, 0.05) is 11.6 Å². The van der Waals surface area contributed by atoms with Crippen LogP contribution in [0, 0.1) is 6.92 Å². The molecule has 5 heteroatoms. The molecule has 0 bridgehead atoms. The zero-order valence-corrected chi connectivity index (χ0v) is 9.97. The van der Waals surface area contributed by atoms with Crippen LogP contribution in [0.25, 0.3) is 0 Å². The van der Waals surface area contributed by atoms with Gasteiger partial charge in [-0.05, 0) is 38.1 Å². The van der Waals surface area contributed by atoms with E-state index in [1.54, 1.807) is 31.2 Å². The van der Waals surface area contributed by atoms with Crippen molar-refractivity contribution in [2.24, 2.45) is 0 Å². The smallest absolute Gasteiger partial charge is 0.365 e. The number of carbonyl (C=O) groups excluding carboxylic acids is 2. The molecule has 2 aromatic rings. The van der Waals surface area contributed by atoms with Gasteiger partial charge in [0.1, 0.15) is 11.5 Å². The normalized spacial score (nSPS) is 10.1. The van der Waals surface area contributed by atoms with E-state index in [0.717, 1.165) is 0 Å². The number of benzene rings is 1. The van der Waals surface area contributed by atoms with Gasteiger partial charge < -0.3 is 9.26 Å². The molecule has 0 saturated heterocycles. The highest BCUT2D eigenvalue weighted by Gasteiger charge is 2.13. The molecule has 0 aliphatic heterocycles. The summed E-state index contributed by atoms with van der Waals surface area (Å²) < 4.78 is 9.85. The average Bonchev–Trinajstić information content (AvgIpc) is 2.76. The van der Waals surface area contributed by atoms with Crippen molar-refractivity contribution in [1.29, 1.82) is 0 Å². The molecule has 0 unspecified atom stereocenters. The fourth-order valence-corrected chi connectivity index (χ4v) is 1.38. The first-order valence-electron chi connectivity index (χ1n) is 5.33. The monoisotopic (exact) mass is 245 g/mol. The lowest BCUT2D eigenvalue weighted by molar-refractivity contribution is 0.0724. The van der Waals surface area contributed by atoms with Crippen LogP contribution in [0.5, 0.6) is 5.75 Å². The number of carbonyl (C=O) groups is 2. The van der Waals surface area contributed by atoms with Crippen LogP contribution in [0.2, 0.25) is 0 Å². The molecule has 0 N–H and O–H groups in total. The first kappa shape index (κ1) is 12.0. The molecule has 0 radical (unpaired) electrons. The molecule has 0 saturated carbocycles. The van der Waals surface area contributed by atoms with Crippen LogP contribution in [-0.4, -0.2) is 16.9 Å². The van der Waals surface area contributed by atoms with Crippen molar-refractivity contribution in [3.63, 3.8) is 0 Å². The molecule has 5 nitrogen and oxygen atoms in total. The molecular formula is C13H11NO4. The van der Waals surface area contributed by atoms with E-state index in [4.69, 9.17) is 9.26 Å². The molecule has 0 aliphatic carbocycles. The average molecular weight is 245 g/mol. The molecule has 0 fully saturated rings. The summed E-state index contributed by atoms with van der Waals surface area (Å²) in [4.78, 5) is 22.7. The van der Waals surface area contributed by atoms with Crippen LogP contribution >= 0.6 is 0 Å². The summed E-state index contributed by atoms with van der Waals surface area (Å²) in [5.41, 5.74) is 0.676. The quantitative estimate of drug-likeness (QED) is 0.471. The summed E-state index contributed by atoms with van der Waals surface area (Å²) in [6, 6.07) is 7.80. The largest absolute Gasteiger partial charge is 0.422 e. The van der Waals surface area contributed by atoms with E-state index in [0.29, 0.717) is 17.1 Å². The van der Waals surface area contributed by atoms with E-state index in [1.165, 1.54) is 13.0 Å². The van der Waals surface area contributed by atoms with Crippen LogP contribution in [0.3, 0.4) is 0 Å². The number of hydrogen-bond acceptors (Lipinski definition) is 5. The highest BCUT2D eigenvalue weighted by Crippen LogP contribution is 2.14. The van der Waals surface area contributed by atoms with Crippen molar-refractivity contribution < 1.29 is 18.8 Å². The topological polar surface area (TPSA) is 69.4 Å². The number of rotatable bonds is 3. The Kier molecular flexibility index (Phi) is 3.23. The molecule has 2 rings (SSSR count). The van der Waals surface area contributed by atoms with Gasteiger partial charge in [0.25, 0.3) is 0 Å². The number of aryl methyl sites for hydroxylation is 1. The van der Waals surface area contributed by atoms with Crippen LogP contribution in [0.4, 0.5) is 0 Å². The molecule has 0 aliphatic rings. The summed E-state index contributed by atoms with van der Waals surface area (Å²) in [6.07, 6.45) is 0. The molecule has 1 heterocycles. The standard InChI is InChI=1S/C13H11NO4/c1-8-7-12(14-18-8)13(16)17-11-5-3-10(4-6-11)9(2)15/h3-7H,1-2H3. The highest BCUT2D eigenvalue weighted by atomic mass is 16.5. The maximum Gasteiger partial charge on any atom is 0.365 e. The Morgan fingerprint density at radius 2 is 1.89 bits per heavy atom. The van der Waals surface area contributed by atoms with Crippen molar-refractivity contribution in [3.8, 4) is 5.75 Å². The molecular weight excluding hydrogens is 234 g/mol. The lowest BCUT2D eigenvalue weighted by atomic mass is 10.1. The van der Waals surface area contributed by atoms with Crippen molar-refractivity contribution in [2.45, 2.75) is 13.8 Å². The molecule has 1 aromatic carbocycles. The Morgan fingerprint density at radius 3 is 2.39 bits per heavy atom. The molecule has 0 atom stereocenters. The minimum atomic E-state index is -0.595. The molecule has 92 valence electrons. The van der Waals surface area contributed by atoms with E-state index in [1.807, 2.05) is 0 Å². The number of nitrogens with zero attached hydrogens (tertiary/aromatic N) is 1. The van der Waals surface area contributed by atoms with E-state index in [2.05, 4.69) is 5.16 Å². The number of Topliss-reactive ketones (excluding diaryl/α,β-unsaturated/α-hetero) is 1. The zero-order chi connectivity index (χ0) is 13.1. The van der Waals surface area contributed by atoms with Gasteiger partial charge in [-0.3, -0.25) is 4.79 Å². The third-order valence-electron chi connectivity index (χ3n) is 2.31. The van der Waals surface area contributed by atoms with Gasteiger partial charge in [-0.2, -0.15) is 0 Å². The second-order valence-corrected chi connectivity index (χ2v) is 3.79. The highest BCUT2D eigenvalue weighted by molar-refractivity contribution is 5.94. The molecule has 1 aromatic heterocycles. The van der Waals surface area contributed by atoms with Crippen LogP contribution in [0.15, 0.2) is 34.9 Å². The van der Waals surface area contributed by atoms with E-state index < -0.39 is 5.97 Å². The minimum absolute atomic E-state index is 0.0417. The summed E-state index contributed by atoms with van der Waals surface area (Å²) in [5, 5.41) is 3.55. The maximum absolute atomic E-state index is 11.6. The van der Waals surface area contributed by atoms with Crippen molar-refractivity contribution in [3.05, 3.63) is 47.3 Å². The van der Waals surface area contributed by atoms with Crippen molar-refractivity contribution in [1.82, 2.24) is 5.16 Å². The fourth-order valence-electron chi connectivity index (χ4n) is 1.38. The molecule has 0 amide bonds. The number of esters is 1. The maximum atomic E-state index is 11.6. The minimum Gasteiger partial charge on any atom is -0.422 e. The van der Waals surface area contributed by atoms with Gasteiger partial charge in [0.15, 0.2) is 11.5 Å². The van der Waals surface area contributed by atoms with E-state index in [-0.39, 0.29) is 11.5 Å². The van der Waals surface area contributed by atoms with Gasteiger partial charge in [-0.15, -0.1) is 0 Å². The number of ether oxygens (including phenoxy) is 1. The summed E-state index contributed by atoms with van der Waals surface area (Å²) in [5.74, 6) is 0.252. The SMILES string of the molecule is CC(=O)c1ccc(OC(=O)c2cc(C)on2)cc1. The van der Waals surface area contributed by atoms with Crippen LogP contribution in [-0.2, 0) is 0 Å². The second kappa shape index (κ2) is 4.83. The van der Waals surface area contributed by atoms with Crippen LogP contribution < -0.4 is 4.74 Å². The van der Waals surface area contributed by atoms with Gasteiger partial charge in [0.05, 0.1) is 0 Å². The molecule has 18 heavy (non-hydrogen) atoms.